The van der Waals surface area contributed by atoms with Gasteiger partial charge in [0.05, 0.1) is 4.90 Å². The van der Waals surface area contributed by atoms with E-state index in [1.807, 2.05) is 0 Å². The lowest BCUT2D eigenvalue weighted by molar-refractivity contribution is -0.114. The van der Waals surface area contributed by atoms with Crippen molar-refractivity contribution in [3.63, 3.8) is 0 Å². The summed E-state index contributed by atoms with van der Waals surface area (Å²) in [6, 6.07) is 8.32. The minimum Gasteiger partial charge on any atom is -0.474 e. The number of nitrogens with zero attached hydrogens (tertiary/aromatic N) is 1. The van der Waals surface area contributed by atoms with E-state index in [-0.39, 0.29) is 23.5 Å². The molecule has 150 valence electrons. The van der Waals surface area contributed by atoms with Gasteiger partial charge in [0.15, 0.2) is 0 Å². The number of sulfonamides is 1. The first-order valence-corrected chi connectivity index (χ1v) is 10.8. The van der Waals surface area contributed by atoms with E-state index in [0.717, 1.165) is 18.4 Å². The quantitative estimate of drug-likeness (QED) is 0.740. The monoisotopic (exact) mass is 403 g/mol. The van der Waals surface area contributed by atoms with E-state index in [0.29, 0.717) is 17.1 Å². The van der Waals surface area contributed by atoms with E-state index in [4.69, 9.17) is 4.74 Å². The van der Waals surface area contributed by atoms with E-state index >= 15 is 0 Å². The lowest BCUT2D eigenvalue weighted by Crippen LogP contribution is -2.24. The van der Waals surface area contributed by atoms with Crippen LogP contribution in [0.5, 0.6) is 5.88 Å². The highest BCUT2D eigenvalue weighted by atomic mass is 32.2. The first kappa shape index (κ1) is 20.3. The van der Waals surface area contributed by atoms with Crippen LogP contribution in [0.15, 0.2) is 41.4 Å². The van der Waals surface area contributed by atoms with Crippen molar-refractivity contribution in [2.45, 2.75) is 57.1 Å². The average Bonchev–Trinajstić information content (AvgIpc) is 3.14. The standard InChI is InChI=1S/C20H25N3O4S/c1-14-7-8-17(23-15(2)24)12-19(14)28(25,26)22-13-16-9-10-21-20(11-16)27-18-5-3-4-6-18/h7-12,18,22H,3-6,13H2,1-2H3,(H,23,24). The molecule has 0 atom stereocenters. The molecule has 8 heteroatoms. The molecule has 1 aromatic heterocycles. The molecule has 1 aliphatic rings. The van der Waals surface area contributed by atoms with E-state index in [9.17, 15) is 13.2 Å². The highest BCUT2D eigenvalue weighted by Gasteiger charge is 2.19. The number of aryl methyl sites for hydroxylation is 1. The Morgan fingerprint density at radius 3 is 2.68 bits per heavy atom. The molecule has 0 unspecified atom stereocenters. The molecule has 3 rings (SSSR count). The van der Waals surface area contributed by atoms with Crippen LogP contribution in [0, 0.1) is 6.92 Å². The van der Waals surface area contributed by atoms with Crippen molar-refractivity contribution < 1.29 is 17.9 Å². The summed E-state index contributed by atoms with van der Waals surface area (Å²) >= 11 is 0. The number of anilines is 1. The summed E-state index contributed by atoms with van der Waals surface area (Å²) in [7, 11) is -3.75. The number of amides is 1. The molecule has 2 N–H and O–H groups in total. The molecule has 1 amide bonds. The number of carbonyl (C=O) groups is 1. The molecule has 0 radical (unpaired) electrons. The summed E-state index contributed by atoms with van der Waals surface area (Å²) in [4.78, 5) is 15.6. The molecule has 28 heavy (non-hydrogen) atoms. The highest BCUT2D eigenvalue weighted by molar-refractivity contribution is 7.89. The Bertz CT molecular complexity index is 954. The molecular formula is C20H25N3O4S. The summed E-state index contributed by atoms with van der Waals surface area (Å²) in [5.41, 5.74) is 1.80. The molecule has 1 aliphatic carbocycles. The number of hydrogen-bond donors (Lipinski definition) is 2. The van der Waals surface area contributed by atoms with Gasteiger partial charge in [0.2, 0.25) is 21.8 Å². The van der Waals surface area contributed by atoms with Gasteiger partial charge in [0, 0.05) is 31.4 Å². The van der Waals surface area contributed by atoms with E-state index < -0.39 is 10.0 Å². The number of ether oxygens (including phenoxy) is 1. The SMILES string of the molecule is CC(=O)Nc1ccc(C)c(S(=O)(=O)NCc2ccnc(OC3CCCC3)c2)c1. The number of pyridine rings is 1. The van der Waals surface area contributed by atoms with Crippen LogP contribution < -0.4 is 14.8 Å². The van der Waals surface area contributed by atoms with Gasteiger partial charge in [-0.05, 0) is 61.9 Å². The molecule has 1 aromatic carbocycles. The smallest absolute Gasteiger partial charge is 0.241 e. The van der Waals surface area contributed by atoms with Crippen molar-refractivity contribution in [1.82, 2.24) is 9.71 Å². The predicted molar refractivity (Wildman–Crippen MR) is 107 cm³/mol. The van der Waals surface area contributed by atoms with Crippen LogP contribution in [0.1, 0.15) is 43.7 Å². The van der Waals surface area contributed by atoms with Gasteiger partial charge < -0.3 is 10.1 Å². The molecule has 0 aliphatic heterocycles. The third-order valence-electron chi connectivity index (χ3n) is 4.65. The Kier molecular flexibility index (Phi) is 6.31. The fourth-order valence-electron chi connectivity index (χ4n) is 3.23. The summed E-state index contributed by atoms with van der Waals surface area (Å²) in [5.74, 6) is 0.263. The van der Waals surface area contributed by atoms with Crippen LogP contribution >= 0.6 is 0 Å². The largest absolute Gasteiger partial charge is 0.474 e. The number of carbonyl (C=O) groups excluding carboxylic acids is 1. The van der Waals surface area contributed by atoms with Crippen molar-refractivity contribution in [3.05, 3.63) is 47.7 Å². The molecule has 1 saturated carbocycles. The Morgan fingerprint density at radius 2 is 1.96 bits per heavy atom. The maximum Gasteiger partial charge on any atom is 0.241 e. The lowest BCUT2D eigenvalue weighted by Gasteiger charge is -2.14. The van der Waals surface area contributed by atoms with Crippen molar-refractivity contribution in [2.24, 2.45) is 0 Å². The number of rotatable bonds is 7. The van der Waals surface area contributed by atoms with Crippen molar-refractivity contribution in [3.8, 4) is 5.88 Å². The number of nitrogens with one attached hydrogen (secondary N) is 2. The maximum atomic E-state index is 12.8. The Balaban J connectivity index is 1.70. The van der Waals surface area contributed by atoms with Crippen molar-refractivity contribution in [2.75, 3.05) is 5.32 Å². The zero-order chi connectivity index (χ0) is 20.1. The normalized spacial score (nSPS) is 14.8. The van der Waals surface area contributed by atoms with Crippen LogP contribution in [-0.4, -0.2) is 25.4 Å². The summed E-state index contributed by atoms with van der Waals surface area (Å²) < 4.78 is 34.0. The first-order valence-electron chi connectivity index (χ1n) is 9.33. The molecule has 1 heterocycles. The number of benzene rings is 1. The lowest BCUT2D eigenvalue weighted by atomic mass is 10.2. The van der Waals surface area contributed by atoms with E-state index in [2.05, 4.69) is 15.0 Å². The van der Waals surface area contributed by atoms with Gasteiger partial charge in [-0.3, -0.25) is 4.79 Å². The van der Waals surface area contributed by atoms with Gasteiger partial charge in [-0.1, -0.05) is 6.07 Å². The fourth-order valence-corrected chi connectivity index (χ4v) is 4.51. The molecule has 0 saturated heterocycles. The van der Waals surface area contributed by atoms with Crippen LogP contribution in [0.3, 0.4) is 0 Å². The van der Waals surface area contributed by atoms with Crippen molar-refractivity contribution in [1.29, 1.82) is 0 Å². The summed E-state index contributed by atoms with van der Waals surface area (Å²) in [5, 5.41) is 2.60. The average molecular weight is 404 g/mol. The Morgan fingerprint density at radius 1 is 1.21 bits per heavy atom. The van der Waals surface area contributed by atoms with E-state index in [1.54, 1.807) is 37.4 Å². The summed E-state index contributed by atoms with van der Waals surface area (Å²) in [6.45, 7) is 3.21. The van der Waals surface area contributed by atoms with Gasteiger partial charge >= 0.3 is 0 Å². The maximum absolute atomic E-state index is 12.8. The minimum atomic E-state index is -3.75. The molecule has 0 spiro atoms. The van der Waals surface area contributed by atoms with Crippen LogP contribution in [0.4, 0.5) is 5.69 Å². The fraction of sp³-hybridized carbons (Fsp3) is 0.400. The third-order valence-corrected chi connectivity index (χ3v) is 6.20. The third kappa shape index (κ3) is 5.30. The zero-order valence-electron chi connectivity index (χ0n) is 16.1. The van der Waals surface area contributed by atoms with Crippen molar-refractivity contribution >= 4 is 21.6 Å². The van der Waals surface area contributed by atoms with Crippen LogP contribution in [-0.2, 0) is 21.4 Å². The highest BCUT2D eigenvalue weighted by Crippen LogP contribution is 2.24. The Hall–Kier alpha value is -2.45. The molecule has 7 nitrogen and oxygen atoms in total. The van der Waals surface area contributed by atoms with E-state index in [1.165, 1.54) is 25.8 Å². The van der Waals surface area contributed by atoms with Gasteiger partial charge in [-0.15, -0.1) is 0 Å². The van der Waals surface area contributed by atoms with Crippen LogP contribution in [0.2, 0.25) is 0 Å². The molecular weight excluding hydrogens is 378 g/mol. The first-order chi connectivity index (χ1) is 13.3. The Labute approximate surface area is 165 Å². The second-order valence-electron chi connectivity index (χ2n) is 7.01. The second-order valence-corrected chi connectivity index (χ2v) is 8.75. The zero-order valence-corrected chi connectivity index (χ0v) is 16.9. The minimum absolute atomic E-state index is 0.121. The molecule has 1 fully saturated rings. The predicted octanol–water partition coefficient (Wildman–Crippen LogP) is 3.15. The summed E-state index contributed by atoms with van der Waals surface area (Å²) in [6.07, 6.45) is 6.21. The molecule has 2 aromatic rings. The number of aromatic nitrogens is 1. The van der Waals surface area contributed by atoms with Gasteiger partial charge in [-0.25, -0.2) is 18.1 Å². The van der Waals surface area contributed by atoms with Gasteiger partial charge in [0.1, 0.15) is 6.10 Å². The second kappa shape index (κ2) is 8.70. The van der Waals surface area contributed by atoms with Crippen LogP contribution in [0.25, 0.3) is 0 Å². The number of hydrogen-bond acceptors (Lipinski definition) is 5. The van der Waals surface area contributed by atoms with Gasteiger partial charge in [-0.2, -0.15) is 0 Å². The topological polar surface area (TPSA) is 97.4 Å². The van der Waals surface area contributed by atoms with Gasteiger partial charge in [0.25, 0.3) is 0 Å². The molecule has 0 bridgehead atoms.